The van der Waals surface area contributed by atoms with E-state index in [1.54, 1.807) is 31.6 Å². The van der Waals surface area contributed by atoms with Gasteiger partial charge < -0.3 is 20.1 Å². The van der Waals surface area contributed by atoms with Gasteiger partial charge in [0.15, 0.2) is 0 Å². The monoisotopic (exact) mass is 468 g/mol. The van der Waals surface area contributed by atoms with Gasteiger partial charge in [-0.15, -0.1) is 0 Å². The van der Waals surface area contributed by atoms with Crippen molar-refractivity contribution < 1.29 is 19.4 Å². The van der Waals surface area contributed by atoms with Crippen LogP contribution in [0.1, 0.15) is 33.5 Å². The number of nitrogens with zero attached hydrogens (tertiary/aromatic N) is 3. The number of hydrogen-bond donors (Lipinski definition) is 2. The summed E-state index contributed by atoms with van der Waals surface area (Å²) in [7, 11) is 1.63. The number of halogens is 1. The average molecular weight is 469 g/mol. The smallest absolute Gasteiger partial charge is 0.257 e. The molecule has 3 aromatic rings. The highest BCUT2D eigenvalue weighted by Crippen LogP contribution is 2.33. The fourth-order valence-electron chi connectivity index (χ4n) is 3.31. The predicted octanol–water partition coefficient (Wildman–Crippen LogP) is 3.84. The van der Waals surface area contributed by atoms with Gasteiger partial charge in [-0.05, 0) is 42.7 Å². The van der Waals surface area contributed by atoms with Crippen LogP contribution in [0.2, 0.25) is 5.02 Å². The highest BCUT2D eigenvalue weighted by molar-refractivity contribution is 6.30. The van der Waals surface area contributed by atoms with Gasteiger partial charge in [-0.25, -0.2) is 4.98 Å². The topological polar surface area (TPSA) is 105 Å². The summed E-state index contributed by atoms with van der Waals surface area (Å²) in [6.07, 6.45) is 5.99. The molecule has 2 heterocycles. The van der Waals surface area contributed by atoms with Crippen LogP contribution < -0.4 is 10.1 Å². The summed E-state index contributed by atoms with van der Waals surface area (Å²) in [6, 6.07) is 9.07. The van der Waals surface area contributed by atoms with E-state index in [0.29, 0.717) is 47.9 Å². The zero-order valence-corrected chi connectivity index (χ0v) is 19.2. The van der Waals surface area contributed by atoms with E-state index < -0.39 is 0 Å². The van der Waals surface area contributed by atoms with Crippen molar-refractivity contribution in [2.75, 3.05) is 25.5 Å². The summed E-state index contributed by atoms with van der Waals surface area (Å²) in [6.45, 7) is 2.19. The summed E-state index contributed by atoms with van der Waals surface area (Å²) in [5.41, 5.74) is 2.58. The zero-order valence-electron chi connectivity index (χ0n) is 18.4. The van der Waals surface area contributed by atoms with Crippen molar-refractivity contribution in [1.82, 2.24) is 14.9 Å². The number of ether oxygens (including phenoxy) is 1. The minimum atomic E-state index is -0.350. The Labute approximate surface area is 197 Å². The van der Waals surface area contributed by atoms with E-state index in [1.165, 1.54) is 11.1 Å². The standard InChI is InChI=1S/C24H25ClN4O4/c1-16-10-19(13-26-12-16)33-21-14-27-23(28-15-31)22(24(32)29(2)8-3-9-30)20(21)11-17-4-6-18(25)7-5-17/h4-7,10,12-15,30H,3,8-9,11H2,1-2H3,(H,27,28,31). The van der Waals surface area contributed by atoms with Crippen molar-refractivity contribution in [3.8, 4) is 11.5 Å². The van der Waals surface area contributed by atoms with Crippen LogP contribution in [0.4, 0.5) is 5.82 Å². The Hall–Kier alpha value is -3.49. The molecule has 0 bridgehead atoms. The molecule has 0 aliphatic heterocycles. The molecule has 9 heteroatoms. The number of aliphatic hydroxyl groups is 1. The lowest BCUT2D eigenvalue weighted by Gasteiger charge is -2.22. The van der Waals surface area contributed by atoms with Gasteiger partial charge in [0.2, 0.25) is 6.41 Å². The Morgan fingerprint density at radius 1 is 1.24 bits per heavy atom. The molecular weight excluding hydrogens is 444 g/mol. The summed E-state index contributed by atoms with van der Waals surface area (Å²) >= 11 is 6.03. The van der Waals surface area contributed by atoms with E-state index in [0.717, 1.165) is 11.1 Å². The molecule has 8 nitrogen and oxygen atoms in total. The van der Waals surface area contributed by atoms with Gasteiger partial charge in [-0.3, -0.25) is 14.6 Å². The Morgan fingerprint density at radius 2 is 2.00 bits per heavy atom. The number of anilines is 1. The van der Waals surface area contributed by atoms with Crippen molar-refractivity contribution in [1.29, 1.82) is 0 Å². The Morgan fingerprint density at radius 3 is 2.67 bits per heavy atom. The number of carbonyl (C=O) groups excluding carboxylic acids is 2. The molecule has 172 valence electrons. The molecule has 0 unspecified atom stereocenters. The van der Waals surface area contributed by atoms with Crippen LogP contribution in [0, 0.1) is 6.92 Å². The number of pyridine rings is 2. The minimum Gasteiger partial charge on any atom is -0.454 e. The maximum absolute atomic E-state index is 13.4. The second-order valence-corrected chi connectivity index (χ2v) is 7.93. The molecule has 0 saturated heterocycles. The molecule has 0 aliphatic carbocycles. The van der Waals surface area contributed by atoms with E-state index >= 15 is 0 Å². The van der Waals surface area contributed by atoms with Crippen LogP contribution in [0.15, 0.2) is 48.9 Å². The molecule has 0 saturated carbocycles. The van der Waals surface area contributed by atoms with E-state index in [-0.39, 0.29) is 23.9 Å². The van der Waals surface area contributed by atoms with E-state index in [2.05, 4.69) is 15.3 Å². The SMILES string of the molecule is Cc1cncc(Oc2cnc(NC=O)c(C(=O)N(C)CCCO)c2Cc2ccc(Cl)cc2)c1. The molecule has 2 N–H and O–H groups in total. The predicted molar refractivity (Wildman–Crippen MR) is 126 cm³/mol. The number of carbonyl (C=O) groups is 2. The lowest BCUT2D eigenvalue weighted by Crippen LogP contribution is -2.30. The van der Waals surface area contributed by atoms with Gasteiger partial charge in [0.05, 0.1) is 18.0 Å². The second-order valence-electron chi connectivity index (χ2n) is 7.49. The maximum Gasteiger partial charge on any atom is 0.257 e. The van der Waals surface area contributed by atoms with E-state index in [9.17, 15) is 9.59 Å². The third-order valence-electron chi connectivity index (χ3n) is 4.93. The minimum absolute atomic E-state index is 0.0452. The van der Waals surface area contributed by atoms with Gasteiger partial charge in [-0.2, -0.15) is 0 Å². The van der Waals surface area contributed by atoms with Crippen molar-refractivity contribution >= 4 is 29.7 Å². The summed E-state index contributed by atoms with van der Waals surface area (Å²) in [5, 5.41) is 12.3. The van der Waals surface area contributed by atoms with Gasteiger partial charge >= 0.3 is 0 Å². The van der Waals surface area contributed by atoms with E-state index in [4.69, 9.17) is 21.4 Å². The Bertz CT molecular complexity index is 1120. The number of aryl methyl sites for hydroxylation is 1. The lowest BCUT2D eigenvalue weighted by atomic mass is 9.98. The summed E-state index contributed by atoms with van der Waals surface area (Å²) in [4.78, 5) is 34.6. The van der Waals surface area contributed by atoms with Crippen LogP contribution in [0.25, 0.3) is 0 Å². The number of rotatable bonds is 10. The molecule has 0 fully saturated rings. The van der Waals surface area contributed by atoms with Crippen LogP contribution in [-0.4, -0.2) is 52.5 Å². The molecule has 2 amide bonds. The maximum atomic E-state index is 13.4. The lowest BCUT2D eigenvalue weighted by molar-refractivity contribution is -0.105. The van der Waals surface area contributed by atoms with Crippen molar-refractivity contribution in [3.63, 3.8) is 0 Å². The average Bonchev–Trinajstić information content (AvgIpc) is 2.80. The van der Waals surface area contributed by atoms with Crippen LogP contribution in [-0.2, 0) is 11.2 Å². The second kappa shape index (κ2) is 11.4. The van der Waals surface area contributed by atoms with Crippen molar-refractivity contribution in [3.05, 3.63) is 76.2 Å². The normalized spacial score (nSPS) is 10.5. The molecule has 0 radical (unpaired) electrons. The fourth-order valence-corrected chi connectivity index (χ4v) is 3.43. The van der Waals surface area contributed by atoms with Gasteiger partial charge in [0, 0.05) is 43.4 Å². The largest absolute Gasteiger partial charge is 0.454 e. The van der Waals surface area contributed by atoms with Gasteiger partial charge in [-0.1, -0.05) is 23.7 Å². The van der Waals surface area contributed by atoms with Gasteiger partial charge in [0.1, 0.15) is 17.3 Å². The van der Waals surface area contributed by atoms with Gasteiger partial charge in [0.25, 0.3) is 5.91 Å². The molecular formula is C24H25ClN4O4. The Balaban J connectivity index is 2.13. The van der Waals surface area contributed by atoms with Crippen LogP contribution >= 0.6 is 11.6 Å². The third-order valence-corrected chi connectivity index (χ3v) is 5.18. The molecule has 0 aliphatic rings. The number of benzene rings is 1. The Kier molecular flexibility index (Phi) is 8.34. The number of hydrogen-bond acceptors (Lipinski definition) is 6. The number of aromatic nitrogens is 2. The first-order valence-electron chi connectivity index (χ1n) is 10.3. The van der Waals surface area contributed by atoms with Crippen molar-refractivity contribution in [2.45, 2.75) is 19.8 Å². The molecule has 0 spiro atoms. The van der Waals surface area contributed by atoms with Crippen molar-refractivity contribution in [2.24, 2.45) is 0 Å². The molecule has 3 rings (SSSR count). The number of nitrogens with one attached hydrogen (secondary N) is 1. The van der Waals surface area contributed by atoms with Crippen LogP contribution in [0.3, 0.4) is 0 Å². The first-order chi connectivity index (χ1) is 15.9. The first-order valence-corrected chi connectivity index (χ1v) is 10.7. The van der Waals surface area contributed by atoms with E-state index in [1.807, 2.05) is 25.1 Å². The zero-order chi connectivity index (χ0) is 23.8. The fraction of sp³-hybridized carbons (Fsp3) is 0.250. The molecule has 0 atom stereocenters. The highest BCUT2D eigenvalue weighted by Gasteiger charge is 2.25. The third kappa shape index (κ3) is 6.27. The highest BCUT2D eigenvalue weighted by atomic mass is 35.5. The molecule has 33 heavy (non-hydrogen) atoms. The summed E-state index contributed by atoms with van der Waals surface area (Å²) in [5.74, 6) is 0.645. The number of amides is 2. The molecule has 2 aromatic heterocycles. The molecule has 1 aromatic carbocycles. The van der Waals surface area contributed by atoms with Crippen LogP contribution in [0.5, 0.6) is 11.5 Å². The number of aliphatic hydroxyl groups excluding tert-OH is 1. The first kappa shape index (κ1) is 24.2. The summed E-state index contributed by atoms with van der Waals surface area (Å²) < 4.78 is 6.09. The quantitative estimate of drug-likeness (QED) is 0.438.